The van der Waals surface area contributed by atoms with E-state index < -0.39 is 0 Å². The molecule has 0 atom stereocenters. The third-order valence-electron chi connectivity index (χ3n) is 1.66. The molecule has 0 amide bonds. The van der Waals surface area contributed by atoms with E-state index in [-0.39, 0.29) is 5.97 Å². The normalized spacial score (nSPS) is 9.69. The molecule has 0 saturated heterocycles. The summed E-state index contributed by atoms with van der Waals surface area (Å²) in [5.74, 6) is -0.348. The molecule has 0 spiro atoms. The summed E-state index contributed by atoms with van der Waals surface area (Å²) < 4.78 is 9.77. The number of carbonyl (C=O) groups is 1. The van der Waals surface area contributed by atoms with Crippen LogP contribution >= 0.6 is 0 Å². The van der Waals surface area contributed by atoms with Crippen molar-refractivity contribution in [3.05, 3.63) is 12.2 Å². The van der Waals surface area contributed by atoms with Crippen molar-refractivity contribution in [3.63, 3.8) is 0 Å². The van der Waals surface area contributed by atoms with Crippen LogP contribution in [0.1, 0.15) is 26.2 Å². The molecular formula is C10H18O3. The summed E-state index contributed by atoms with van der Waals surface area (Å²) in [6.45, 7) is 7.00. The fourth-order valence-electron chi connectivity index (χ4n) is 0.790. The molecular weight excluding hydrogens is 168 g/mol. The van der Waals surface area contributed by atoms with Gasteiger partial charge in [0, 0.05) is 18.6 Å². The first-order valence-corrected chi connectivity index (χ1v) is 4.56. The van der Waals surface area contributed by atoms with Crippen LogP contribution in [0.5, 0.6) is 0 Å². The van der Waals surface area contributed by atoms with E-state index in [1.807, 2.05) is 0 Å². The van der Waals surface area contributed by atoms with Crippen molar-refractivity contribution in [1.29, 1.82) is 0 Å². The van der Waals surface area contributed by atoms with Crippen LogP contribution in [-0.2, 0) is 14.3 Å². The molecule has 3 nitrogen and oxygen atoms in total. The van der Waals surface area contributed by atoms with E-state index in [1.54, 1.807) is 0 Å². The van der Waals surface area contributed by atoms with Crippen molar-refractivity contribution in [2.24, 2.45) is 0 Å². The number of rotatable bonds is 7. The molecule has 0 N–H and O–H groups in total. The van der Waals surface area contributed by atoms with Gasteiger partial charge in [0.15, 0.2) is 0 Å². The fraction of sp³-hybridized carbons (Fsp3) is 0.700. The van der Waals surface area contributed by atoms with E-state index >= 15 is 0 Å². The Hall–Kier alpha value is -0.830. The Labute approximate surface area is 79.7 Å². The molecule has 0 aliphatic carbocycles. The summed E-state index contributed by atoms with van der Waals surface area (Å²) in [4.78, 5) is 10.9. The molecule has 0 heterocycles. The Morgan fingerprint density at radius 2 is 2.08 bits per heavy atom. The standard InChI is InChI=1S/C10H18O3/c1-4-5-7-13-8-6-9(2)10(11)12-3/h2,4-8H2,1,3H3. The van der Waals surface area contributed by atoms with Gasteiger partial charge in [0.2, 0.25) is 0 Å². The first kappa shape index (κ1) is 12.2. The van der Waals surface area contributed by atoms with Crippen LogP contribution in [0.3, 0.4) is 0 Å². The third-order valence-corrected chi connectivity index (χ3v) is 1.66. The molecule has 13 heavy (non-hydrogen) atoms. The van der Waals surface area contributed by atoms with Crippen LogP contribution in [0.4, 0.5) is 0 Å². The Morgan fingerprint density at radius 3 is 2.62 bits per heavy atom. The van der Waals surface area contributed by atoms with Gasteiger partial charge in [0.1, 0.15) is 0 Å². The largest absolute Gasteiger partial charge is 0.466 e. The molecule has 0 aromatic carbocycles. The number of methoxy groups -OCH3 is 1. The lowest BCUT2D eigenvalue weighted by Gasteiger charge is -2.04. The van der Waals surface area contributed by atoms with E-state index in [4.69, 9.17) is 4.74 Å². The van der Waals surface area contributed by atoms with Crippen LogP contribution in [0.15, 0.2) is 12.2 Å². The summed E-state index contributed by atoms with van der Waals surface area (Å²) in [6.07, 6.45) is 2.74. The molecule has 0 aliphatic heterocycles. The van der Waals surface area contributed by atoms with Gasteiger partial charge >= 0.3 is 5.97 Å². The van der Waals surface area contributed by atoms with E-state index in [9.17, 15) is 4.79 Å². The van der Waals surface area contributed by atoms with Crippen LogP contribution in [0.25, 0.3) is 0 Å². The molecule has 76 valence electrons. The van der Waals surface area contributed by atoms with Gasteiger partial charge in [0.05, 0.1) is 13.7 Å². The maximum absolute atomic E-state index is 10.9. The molecule has 0 rings (SSSR count). The first-order chi connectivity index (χ1) is 6.22. The van der Waals surface area contributed by atoms with Crippen LogP contribution in [-0.4, -0.2) is 26.3 Å². The molecule has 0 fully saturated rings. The number of carbonyl (C=O) groups excluding carboxylic acids is 1. The molecule has 0 aliphatic rings. The topological polar surface area (TPSA) is 35.5 Å². The van der Waals surface area contributed by atoms with Gasteiger partial charge in [-0.15, -0.1) is 0 Å². The Morgan fingerprint density at radius 1 is 1.38 bits per heavy atom. The molecule has 0 aromatic rings. The second-order valence-electron chi connectivity index (χ2n) is 2.81. The Kier molecular flexibility index (Phi) is 7.30. The molecule has 0 unspecified atom stereocenters. The lowest BCUT2D eigenvalue weighted by molar-refractivity contribution is -0.136. The summed E-state index contributed by atoms with van der Waals surface area (Å²) >= 11 is 0. The quantitative estimate of drug-likeness (QED) is 0.346. The van der Waals surface area contributed by atoms with Gasteiger partial charge in [0.25, 0.3) is 0 Å². The number of unbranched alkanes of at least 4 members (excludes halogenated alkanes) is 1. The molecule has 0 aromatic heterocycles. The van der Waals surface area contributed by atoms with E-state index in [1.165, 1.54) is 7.11 Å². The van der Waals surface area contributed by atoms with Crippen LogP contribution in [0, 0.1) is 0 Å². The zero-order valence-corrected chi connectivity index (χ0v) is 8.47. The van der Waals surface area contributed by atoms with Gasteiger partial charge in [-0.1, -0.05) is 19.9 Å². The van der Waals surface area contributed by atoms with Gasteiger partial charge in [-0.3, -0.25) is 0 Å². The van der Waals surface area contributed by atoms with Gasteiger partial charge in [-0.05, 0) is 6.42 Å². The van der Waals surface area contributed by atoms with E-state index in [2.05, 4.69) is 18.2 Å². The summed E-state index contributed by atoms with van der Waals surface area (Å²) in [5.41, 5.74) is 0.471. The Balaban J connectivity index is 3.32. The molecule has 0 saturated carbocycles. The summed E-state index contributed by atoms with van der Waals surface area (Å²) in [6, 6.07) is 0. The lowest BCUT2D eigenvalue weighted by atomic mass is 10.2. The molecule has 3 heteroatoms. The average Bonchev–Trinajstić information content (AvgIpc) is 2.16. The van der Waals surface area contributed by atoms with E-state index in [0.29, 0.717) is 18.6 Å². The second kappa shape index (κ2) is 7.80. The molecule has 0 bridgehead atoms. The smallest absolute Gasteiger partial charge is 0.333 e. The minimum absolute atomic E-state index is 0.348. The van der Waals surface area contributed by atoms with Crippen molar-refractivity contribution >= 4 is 5.97 Å². The molecule has 0 radical (unpaired) electrons. The second-order valence-corrected chi connectivity index (χ2v) is 2.81. The SMILES string of the molecule is C=C(CCOCCCC)C(=O)OC. The van der Waals surface area contributed by atoms with Crippen molar-refractivity contribution < 1.29 is 14.3 Å². The number of ether oxygens (including phenoxy) is 2. The predicted molar refractivity (Wildman–Crippen MR) is 51.5 cm³/mol. The van der Waals surface area contributed by atoms with Crippen molar-refractivity contribution in [3.8, 4) is 0 Å². The fourth-order valence-corrected chi connectivity index (χ4v) is 0.790. The number of hydrogen-bond acceptors (Lipinski definition) is 3. The van der Waals surface area contributed by atoms with Crippen molar-refractivity contribution in [1.82, 2.24) is 0 Å². The van der Waals surface area contributed by atoms with Gasteiger partial charge in [-0.25, -0.2) is 4.79 Å². The minimum Gasteiger partial charge on any atom is -0.466 e. The highest BCUT2D eigenvalue weighted by Crippen LogP contribution is 2.00. The highest BCUT2D eigenvalue weighted by molar-refractivity contribution is 5.87. The van der Waals surface area contributed by atoms with Crippen LogP contribution < -0.4 is 0 Å². The monoisotopic (exact) mass is 186 g/mol. The third kappa shape index (κ3) is 6.34. The van der Waals surface area contributed by atoms with Gasteiger partial charge in [-0.2, -0.15) is 0 Å². The average molecular weight is 186 g/mol. The van der Waals surface area contributed by atoms with Gasteiger partial charge < -0.3 is 9.47 Å². The van der Waals surface area contributed by atoms with E-state index in [0.717, 1.165) is 19.4 Å². The zero-order chi connectivity index (χ0) is 10.1. The van der Waals surface area contributed by atoms with Crippen molar-refractivity contribution in [2.45, 2.75) is 26.2 Å². The maximum atomic E-state index is 10.9. The lowest BCUT2D eigenvalue weighted by Crippen LogP contribution is -2.06. The summed E-state index contributed by atoms with van der Waals surface area (Å²) in [5, 5.41) is 0. The van der Waals surface area contributed by atoms with Crippen LogP contribution in [0.2, 0.25) is 0 Å². The minimum atomic E-state index is -0.348. The Bertz CT molecular complexity index is 164. The van der Waals surface area contributed by atoms with Crippen molar-refractivity contribution in [2.75, 3.05) is 20.3 Å². The zero-order valence-electron chi connectivity index (χ0n) is 8.47. The first-order valence-electron chi connectivity index (χ1n) is 4.56. The summed E-state index contributed by atoms with van der Waals surface area (Å²) in [7, 11) is 1.35. The number of hydrogen-bond donors (Lipinski definition) is 0. The predicted octanol–water partition coefficient (Wildman–Crippen LogP) is 1.92. The highest BCUT2D eigenvalue weighted by atomic mass is 16.5. The highest BCUT2D eigenvalue weighted by Gasteiger charge is 2.05. The maximum Gasteiger partial charge on any atom is 0.333 e. The number of esters is 1.